The third kappa shape index (κ3) is 6.20. The fourth-order valence-corrected chi connectivity index (χ4v) is 4.10. The van der Waals surface area contributed by atoms with Crippen molar-refractivity contribution in [2.75, 3.05) is 5.32 Å². The van der Waals surface area contributed by atoms with E-state index in [9.17, 15) is 9.59 Å². The first-order chi connectivity index (χ1) is 15.3. The van der Waals surface area contributed by atoms with E-state index in [1.807, 2.05) is 67.6 Å². The fourth-order valence-electron chi connectivity index (χ4n) is 2.97. The quantitative estimate of drug-likeness (QED) is 0.468. The van der Waals surface area contributed by atoms with E-state index in [-0.39, 0.29) is 5.91 Å². The van der Waals surface area contributed by atoms with Gasteiger partial charge in [-0.05, 0) is 39.3 Å². The lowest BCUT2D eigenvalue weighted by molar-refractivity contribution is -0.115. The zero-order valence-corrected chi connectivity index (χ0v) is 19.6. The molecule has 0 fully saturated rings. The standard InChI is InChI=1S/C24H28N4O3S/c1-5-12-19(21(29)25-18-15-10-7-11-16-18)32-22-27-26-20(17-13-8-6-9-14-17)28(22)23(30)31-24(2,3)4/h6-11,13-16,19H,5,12H2,1-4H3,(H,25,29). The van der Waals surface area contributed by atoms with Crippen molar-refractivity contribution >= 4 is 29.4 Å². The van der Waals surface area contributed by atoms with Crippen molar-refractivity contribution in [2.24, 2.45) is 0 Å². The third-order valence-electron chi connectivity index (χ3n) is 4.37. The minimum atomic E-state index is -0.690. The summed E-state index contributed by atoms with van der Waals surface area (Å²) >= 11 is 1.21. The second kappa shape index (κ2) is 10.5. The number of rotatable bonds is 7. The van der Waals surface area contributed by atoms with E-state index in [0.29, 0.717) is 17.4 Å². The number of carbonyl (C=O) groups is 2. The van der Waals surface area contributed by atoms with Crippen LogP contribution in [0.4, 0.5) is 10.5 Å². The molecule has 0 aliphatic rings. The van der Waals surface area contributed by atoms with E-state index in [1.165, 1.54) is 16.3 Å². The number of carbonyl (C=O) groups excluding carboxylic acids is 2. The van der Waals surface area contributed by atoms with Crippen LogP contribution in [0.2, 0.25) is 0 Å². The molecule has 3 aromatic rings. The van der Waals surface area contributed by atoms with Crippen LogP contribution in [0, 0.1) is 0 Å². The number of amides is 1. The van der Waals surface area contributed by atoms with Crippen molar-refractivity contribution in [1.82, 2.24) is 14.8 Å². The number of para-hydroxylation sites is 1. The number of ether oxygens (including phenoxy) is 1. The van der Waals surface area contributed by atoms with Gasteiger partial charge in [0.2, 0.25) is 11.1 Å². The molecule has 168 valence electrons. The van der Waals surface area contributed by atoms with Crippen molar-refractivity contribution in [3.05, 3.63) is 60.7 Å². The molecule has 1 atom stereocenters. The highest BCUT2D eigenvalue weighted by molar-refractivity contribution is 8.00. The highest BCUT2D eigenvalue weighted by Crippen LogP contribution is 2.30. The minimum absolute atomic E-state index is 0.150. The Bertz CT molecular complexity index is 1050. The van der Waals surface area contributed by atoms with E-state index in [4.69, 9.17) is 4.74 Å². The Morgan fingerprint density at radius 2 is 1.66 bits per heavy atom. The summed E-state index contributed by atoms with van der Waals surface area (Å²) in [5.74, 6) is 0.226. The van der Waals surface area contributed by atoms with Crippen LogP contribution in [0.25, 0.3) is 11.4 Å². The number of nitrogens with one attached hydrogen (secondary N) is 1. The van der Waals surface area contributed by atoms with Crippen LogP contribution in [-0.4, -0.2) is 37.6 Å². The number of anilines is 1. The molecule has 7 nitrogen and oxygen atoms in total. The van der Waals surface area contributed by atoms with Gasteiger partial charge in [0.25, 0.3) is 0 Å². The van der Waals surface area contributed by atoms with Gasteiger partial charge in [-0.3, -0.25) is 4.79 Å². The smallest absolute Gasteiger partial charge is 0.422 e. The van der Waals surface area contributed by atoms with Crippen molar-refractivity contribution in [3.63, 3.8) is 0 Å². The predicted octanol–water partition coefficient (Wildman–Crippen LogP) is 5.63. The maximum Gasteiger partial charge on any atom is 0.422 e. The van der Waals surface area contributed by atoms with Gasteiger partial charge in [0.05, 0.1) is 5.25 Å². The van der Waals surface area contributed by atoms with Crippen molar-refractivity contribution in [1.29, 1.82) is 0 Å². The zero-order valence-electron chi connectivity index (χ0n) is 18.7. The van der Waals surface area contributed by atoms with Gasteiger partial charge in [0.1, 0.15) is 5.60 Å². The Morgan fingerprint density at radius 3 is 2.25 bits per heavy atom. The van der Waals surface area contributed by atoms with Crippen LogP contribution in [0.5, 0.6) is 0 Å². The van der Waals surface area contributed by atoms with Gasteiger partial charge in [-0.25, -0.2) is 9.36 Å². The molecule has 0 spiro atoms. The minimum Gasteiger partial charge on any atom is -0.443 e. The topological polar surface area (TPSA) is 86.1 Å². The molecule has 2 aromatic carbocycles. The Morgan fingerprint density at radius 1 is 1.03 bits per heavy atom. The van der Waals surface area contributed by atoms with E-state index < -0.39 is 16.9 Å². The lowest BCUT2D eigenvalue weighted by atomic mass is 10.2. The van der Waals surface area contributed by atoms with Crippen LogP contribution in [0.15, 0.2) is 65.8 Å². The molecule has 8 heteroatoms. The summed E-state index contributed by atoms with van der Waals surface area (Å²) in [5, 5.41) is 11.3. The first kappa shape index (κ1) is 23.5. The maximum absolute atomic E-state index is 13.1. The summed E-state index contributed by atoms with van der Waals surface area (Å²) in [6, 6.07) is 18.6. The molecule has 0 saturated carbocycles. The van der Waals surface area contributed by atoms with Gasteiger partial charge in [0, 0.05) is 11.3 Å². The average molecular weight is 453 g/mol. The van der Waals surface area contributed by atoms with Crippen LogP contribution >= 0.6 is 11.8 Å². The number of thioether (sulfide) groups is 1. The van der Waals surface area contributed by atoms with E-state index in [0.717, 1.165) is 17.7 Å². The predicted molar refractivity (Wildman–Crippen MR) is 127 cm³/mol. The van der Waals surface area contributed by atoms with Crippen molar-refractivity contribution < 1.29 is 14.3 Å². The molecule has 1 N–H and O–H groups in total. The molecule has 0 aliphatic heterocycles. The van der Waals surface area contributed by atoms with E-state index in [2.05, 4.69) is 15.5 Å². The molecule has 0 bridgehead atoms. The van der Waals surface area contributed by atoms with Gasteiger partial charge in [-0.15, -0.1) is 10.2 Å². The molecule has 0 radical (unpaired) electrons. The largest absolute Gasteiger partial charge is 0.443 e. The molecule has 32 heavy (non-hydrogen) atoms. The maximum atomic E-state index is 13.1. The van der Waals surface area contributed by atoms with Gasteiger partial charge in [-0.1, -0.05) is 73.6 Å². The molecule has 1 aromatic heterocycles. The summed E-state index contributed by atoms with van der Waals surface area (Å²) in [4.78, 5) is 26.1. The van der Waals surface area contributed by atoms with Gasteiger partial charge in [0.15, 0.2) is 5.82 Å². The molecule has 3 rings (SSSR count). The van der Waals surface area contributed by atoms with Crippen molar-refractivity contribution in [3.8, 4) is 11.4 Å². The average Bonchev–Trinajstić information content (AvgIpc) is 3.17. The SMILES string of the molecule is CCCC(Sc1nnc(-c2ccccc2)n1C(=O)OC(C)(C)C)C(=O)Nc1ccccc1. The summed E-state index contributed by atoms with van der Waals surface area (Å²) < 4.78 is 6.96. The van der Waals surface area contributed by atoms with Crippen LogP contribution in [0.3, 0.4) is 0 Å². The van der Waals surface area contributed by atoms with Crippen LogP contribution in [0.1, 0.15) is 40.5 Å². The van der Waals surface area contributed by atoms with Gasteiger partial charge in [-0.2, -0.15) is 0 Å². The first-order valence-corrected chi connectivity index (χ1v) is 11.4. The monoisotopic (exact) mass is 452 g/mol. The molecule has 0 aliphatic carbocycles. The number of benzene rings is 2. The number of aromatic nitrogens is 3. The normalized spacial score (nSPS) is 12.2. The second-order valence-electron chi connectivity index (χ2n) is 8.24. The lowest BCUT2D eigenvalue weighted by Gasteiger charge is -2.21. The Labute approximate surface area is 192 Å². The number of hydrogen-bond donors (Lipinski definition) is 1. The van der Waals surface area contributed by atoms with E-state index >= 15 is 0 Å². The summed E-state index contributed by atoms with van der Waals surface area (Å²) in [7, 11) is 0. The van der Waals surface area contributed by atoms with Crippen LogP contribution < -0.4 is 5.32 Å². The summed E-state index contributed by atoms with van der Waals surface area (Å²) in [6.45, 7) is 7.42. The number of hydrogen-bond acceptors (Lipinski definition) is 6. The third-order valence-corrected chi connectivity index (χ3v) is 5.58. The molecule has 1 unspecified atom stereocenters. The molecule has 1 amide bonds. The molecular weight excluding hydrogens is 424 g/mol. The second-order valence-corrected chi connectivity index (χ2v) is 9.41. The molecule has 0 saturated heterocycles. The van der Waals surface area contributed by atoms with Crippen LogP contribution in [-0.2, 0) is 9.53 Å². The Hall–Kier alpha value is -3.13. The van der Waals surface area contributed by atoms with Gasteiger partial charge < -0.3 is 10.1 Å². The first-order valence-electron chi connectivity index (χ1n) is 10.5. The molecule has 1 heterocycles. The van der Waals surface area contributed by atoms with Crippen molar-refractivity contribution in [2.45, 2.75) is 56.5 Å². The van der Waals surface area contributed by atoms with Gasteiger partial charge >= 0.3 is 6.09 Å². The lowest BCUT2D eigenvalue weighted by Crippen LogP contribution is -2.29. The fraction of sp³-hybridized carbons (Fsp3) is 0.333. The summed E-state index contributed by atoms with van der Waals surface area (Å²) in [5.41, 5.74) is 0.765. The Balaban J connectivity index is 1.93. The van der Waals surface area contributed by atoms with E-state index in [1.54, 1.807) is 20.8 Å². The number of nitrogens with zero attached hydrogens (tertiary/aromatic N) is 3. The Kier molecular flexibility index (Phi) is 7.69. The molecular formula is C24H28N4O3S. The zero-order chi connectivity index (χ0) is 23.1. The summed E-state index contributed by atoms with van der Waals surface area (Å²) in [6.07, 6.45) is 0.833. The highest BCUT2D eigenvalue weighted by Gasteiger charge is 2.29. The highest BCUT2D eigenvalue weighted by atomic mass is 32.2.